The van der Waals surface area contributed by atoms with Gasteiger partial charge in [0.25, 0.3) is 0 Å². The second-order valence-corrected chi connectivity index (χ2v) is 5.84. The van der Waals surface area contributed by atoms with Gasteiger partial charge in [0.2, 0.25) is 5.91 Å². The van der Waals surface area contributed by atoms with E-state index in [4.69, 9.17) is 0 Å². The van der Waals surface area contributed by atoms with E-state index < -0.39 is 0 Å². The highest BCUT2D eigenvalue weighted by atomic mass is 16.1. The number of carbonyl (C=O) groups excluding carboxylic acids is 1. The highest BCUT2D eigenvalue weighted by Gasteiger charge is 2.16. The number of rotatable bonds is 2. The molecule has 1 amide bonds. The molecule has 0 radical (unpaired) electrons. The molecule has 4 nitrogen and oxygen atoms in total. The third-order valence-electron chi connectivity index (χ3n) is 4.11. The Morgan fingerprint density at radius 3 is 2.68 bits per heavy atom. The molecule has 3 aromatic rings. The van der Waals surface area contributed by atoms with Crippen LogP contribution < -0.4 is 5.32 Å². The lowest BCUT2D eigenvalue weighted by molar-refractivity contribution is -0.115. The maximum Gasteiger partial charge on any atom is 0.249 e. The van der Waals surface area contributed by atoms with Gasteiger partial charge in [-0.2, -0.15) is 0 Å². The second kappa shape index (κ2) is 6.61. The predicted octanol–water partition coefficient (Wildman–Crippen LogP) is 3.76. The predicted molar refractivity (Wildman–Crippen MR) is 99.8 cm³/mol. The number of carbonyl (C=O) groups is 1. The maximum atomic E-state index is 12.4. The Labute approximate surface area is 146 Å². The van der Waals surface area contributed by atoms with Gasteiger partial charge >= 0.3 is 0 Å². The fourth-order valence-corrected chi connectivity index (χ4v) is 2.87. The van der Waals surface area contributed by atoms with Crippen molar-refractivity contribution < 1.29 is 4.79 Å². The second-order valence-electron chi connectivity index (χ2n) is 5.84. The summed E-state index contributed by atoms with van der Waals surface area (Å²) in [6, 6.07) is 21.6. The van der Waals surface area contributed by atoms with Gasteiger partial charge in [-0.05, 0) is 35.4 Å². The average Bonchev–Trinajstić information content (AvgIpc) is 3.04. The molecule has 4 rings (SSSR count). The van der Waals surface area contributed by atoms with Gasteiger partial charge in [-0.3, -0.25) is 4.79 Å². The van der Waals surface area contributed by atoms with Gasteiger partial charge < -0.3 is 9.88 Å². The molecule has 1 aromatic heterocycles. The molecule has 0 saturated carbocycles. The summed E-state index contributed by atoms with van der Waals surface area (Å²) in [5.41, 5.74) is 3.89. The van der Waals surface area contributed by atoms with Crippen molar-refractivity contribution in [3.63, 3.8) is 0 Å². The van der Waals surface area contributed by atoms with E-state index in [2.05, 4.69) is 20.9 Å². The van der Waals surface area contributed by atoms with Crippen LogP contribution in [0.5, 0.6) is 0 Å². The first-order valence-corrected chi connectivity index (χ1v) is 8.16. The van der Waals surface area contributed by atoms with Gasteiger partial charge in [-0.25, -0.2) is 4.99 Å². The van der Waals surface area contributed by atoms with E-state index in [0.29, 0.717) is 5.84 Å². The Bertz CT molecular complexity index is 968. The standard InChI is InChI=1S/C21H17N3O/c25-20(13-12-16-7-2-1-3-8-16)23-21-19-11-6-14-24(19)15-17-9-4-5-10-18(17)22-21/h1-14H,15H2,(H,22,23,25). The van der Waals surface area contributed by atoms with Crippen LogP contribution in [-0.4, -0.2) is 16.3 Å². The minimum absolute atomic E-state index is 0.199. The first-order valence-electron chi connectivity index (χ1n) is 8.16. The number of hydrogen-bond acceptors (Lipinski definition) is 2. The number of nitrogens with one attached hydrogen (secondary N) is 1. The largest absolute Gasteiger partial charge is 0.340 e. The first-order chi connectivity index (χ1) is 12.3. The van der Waals surface area contributed by atoms with Crippen LogP contribution in [0.4, 0.5) is 5.69 Å². The molecular formula is C21H17N3O. The molecule has 0 fully saturated rings. The van der Waals surface area contributed by atoms with Gasteiger partial charge in [0, 0.05) is 18.8 Å². The molecule has 2 heterocycles. The number of hydrogen-bond donors (Lipinski definition) is 1. The number of amides is 1. The number of aromatic nitrogens is 1. The zero-order valence-electron chi connectivity index (χ0n) is 13.6. The van der Waals surface area contributed by atoms with Gasteiger partial charge in [0.15, 0.2) is 5.84 Å². The fraction of sp³-hybridized carbons (Fsp3) is 0.0476. The summed E-state index contributed by atoms with van der Waals surface area (Å²) < 4.78 is 2.09. The summed E-state index contributed by atoms with van der Waals surface area (Å²) in [7, 11) is 0. The molecule has 0 unspecified atom stereocenters. The lowest BCUT2D eigenvalue weighted by Crippen LogP contribution is -2.30. The summed E-state index contributed by atoms with van der Waals surface area (Å²) in [5.74, 6) is 0.368. The smallest absolute Gasteiger partial charge is 0.249 e. The van der Waals surface area contributed by atoms with E-state index >= 15 is 0 Å². The molecule has 0 bridgehead atoms. The van der Waals surface area contributed by atoms with Crippen LogP contribution >= 0.6 is 0 Å². The molecule has 1 N–H and O–H groups in total. The topological polar surface area (TPSA) is 46.4 Å². The number of fused-ring (bicyclic) bond motifs is 2. The van der Waals surface area contributed by atoms with Gasteiger partial charge in [0.05, 0.1) is 11.4 Å². The van der Waals surface area contributed by atoms with Gasteiger partial charge in [-0.1, -0.05) is 48.5 Å². The molecule has 0 aliphatic carbocycles. The minimum Gasteiger partial charge on any atom is -0.340 e. The molecule has 4 heteroatoms. The van der Waals surface area contributed by atoms with E-state index in [1.807, 2.05) is 66.9 Å². The summed E-state index contributed by atoms with van der Waals surface area (Å²) in [6.07, 6.45) is 5.32. The zero-order valence-corrected chi connectivity index (χ0v) is 13.6. The van der Waals surface area contributed by atoms with Crippen LogP contribution in [0, 0.1) is 0 Å². The minimum atomic E-state index is -0.199. The molecule has 1 aliphatic heterocycles. The van der Waals surface area contributed by atoms with Gasteiger partial charge in [-0.15, -0.1) is 0 Å². The van der Waals surface area contributed by atoms with Crippen LogP contribution in [0.25, 0.3) is 6.08 Å². The maximum absolute atomic E-state index is 12.4. The molecule has 1 aliphatic rings. The van der Waals surface area contributed by atoms with Crippen LogP contribution in [0.15, 0.2) is 84.0 Å². The van der Waals surface area contributed by atoms with E-state index in [9.17, 15) is 4.79 Å². The molecular weight excluding hydrogens is 310 g/mol. The third kappa shape index (κ3) is 3.28. The highest BCUT2D eigenvalue weighted by Crippen LogP contribution is 2.24. The Balaban J connectivity index is 1.62. The number of para-hydroxylation sites is 1. The summed E-state index contributed by atoms with van der Waals surface area (Å²) in [4.78, 5) is 17.0. The number of aliphatic imine (C=N–C) groups is 1. The van der Waals surface area contributed by atoms with Crippen molar-refractivity contribution in [3.05, 3.63) is 95.8 Å². The molecule has 0 atom stereocenters. The van der Waals surface area contributed by atoms with Crippen LogP contribution in [0.1, 0.15) is 16.8 Å². The van der Waals surface area contributed by atoms with Crippen molar-refractivity contribution in [2.24, 2.45) is 4.99 Å². The van der Waals surface area contributed by atoms with Crippen molar-refractivity contribution in [1.82, 2.24) is 9.88 Å². The Kier molecular flexibility index (Phi) is 4.01. The fourth-order valence-electron chi connectivity index (χ4n) is 2.87. The Morgan fingerprint density at radius 1 is 1.00 bits per heavy atom. The van der Waals surface area contributed by atoms with Gasteiger partial charge in [0.1, 0.15) is 0 Å². The summed E-state index contributed by atoms with van der Waals surface area (Å²) in [5, 5.41) is 2.92. The van der Waals surface area contributed by atoms with Crippen LogP contribution in [0.2, 0.25) is 0 Å². The van der Waals surface area contributed by atoms with E-state index in [1.54, 1.807) is 6.08 Å². The Hall–Kier alpha value is -3.40. The molecule has 122 valence electrons. The summed E-state index contributed by atoms with van der Waals surface area (Å²) in [6.45, 7) is 0.737. The van der Waals surface area contributed by atoms with E-state index in [1.165, 1.54) is 6.08 Å². The molecule has 0 spiro atoms. The van der Waals surface area contributed by atoms with Crippen molar-refractivity contribution >= 4 is 23.5 Å². The lowest BCUT2D eigenvalue weighted by Gasteiger charge is -2.08. The average molecular weight is 327 g/mol. The SMILES string of the molecule is O=C(C=Cc1ccccc1)NC1=Nc2ccccc2Cn2cccc21. The third-order valence-corrected chi connectivity index (χ3v) is 4.11. The normalized spacial score (nSPS) is 12.9. The first kappa shape index (κ1) is 15.1. The quantitative estimate of drug-likeness (QED) is 0.716. The number of nitrogens with zero attached hydrogens (tertiary/aromatic N) is 2. The van der Waals surface area contributed by atoms with E-state index in [0.717, 1.165) is 29.1 Å². The Morgan fingerprint density at radius 2 is 1.80 bits per heavy atom. The lowest BCUT2D eigenvalue weighted by atomic mass is 10.2. The molecule has 0 saturated heterocycles. The summed E-state index contributed by atoms with van der Waals surface area (Å²) >= 11 is 0. The highest BCUT2D eigenvalue weighted by molar-refractivity contribution is 6.12. The zero-order chi connectivity index (χ0) is 17.1. The molecule has 25 heavy (non-hydrogen) atoms. The van der Waals surface area contributed by atoms with Crippen molar-refractivity contribution in [1.29, 1.82) is 0 Å². The van der Waals surface area contributed by atoms with Crippen molar-refractivity contribution in [3.8, 4) is 0 Å². The van der Waals surface area contributed by atoms with E-state index in [-0.39, 0.29) is 5.91 Å². The van der Waals surface area contributed by atoms with Crippen molar-refractivity contribution in [2.45, 2.75) is 6.54 Å². The number of benzene rings is 2. The van der Waals surface area contributed by atoms with Crippen LogP contribution in [-0.2, 0) is 11.3 Å². The monoisotopic (exact) mass is 327 g/mol. The van der Waals surface area contributed by atoms with Crippen LogP contribution in [0.3, 0.4) is 0 Å². The number of amidine groups is 1. The molecule has 2 aromatic carbocycles. The van der Waals surface area contributed by atoms with Crippen molar-refractivity contribution in [2.75, 3.05) is 0 Å².